The molecule has 0 unspecified atom stereocenters. The van der Waals surface area contributed by atoms with Crippen molar-refractivity contribution in [2.75, 3.05) is 0 Å². The Morgan fingerprint density at radius 1 is 0.387 bits per heavy atom. The number of halogens is 6. The molecule has 0 spiro atoms. The zero-order valence-electron chi connectivity index (χ0n) is 39.4. The molecule has 13 rings (SSSR count). The highest BCUT2D eigenvalue weighted by molar-refractivity contribution is 6.31. The van der Waals surface area contributed by atoms with E-state index in [1.807, 2.05) is 122 Å². The number of alkyl halides is 6. The Labute approximate surface area is 425 Å². The Hall–Kier alpha value is -9.75. The van der Waals surface area contributed by atoms with Gasteiger partial charge in [-0.1, -0.05) is 139 Å². The van der Waals surface area contributed by atoms with Gasteiger partial charge >= 0.3 is 12.4 Å². The molecule has 0 aliphatic heterocycles. The molecule has 0 N–H and O–H groups in total. The first-order valence-corrected chi connectivity index (χ1v) is 23.9. The standard InChI is InChI=1S/C66H33F6N3/c1-35-15-17-36(18-16-35)53(33-73)55-48-28-40-10-4-6-12-42(40)30-50(48)58-61(55)57-49-29-41-11-5-3-9-39(41)27-47(49)56(54(34-74)37-19-23-45(24-20-37)65(67,68)69)62(57)59-51-31-43-13-7-8-14-44(43)32-52(51)60(63(58)59)64(75-2)38-21-25-46(26-22-38)66(70,71)72/h3-32H,1H3/b55-53+,56-54+,64-60-. The van der Waals surface area contributed by atoms with Crippen molar-refractivity contribution < 1.29 is 26.3 Å². The fraction of sp³-hybridized carbons (Fsp3) is 0.0455. The monoisotopic (exact) mass is 981 g/mol. The van der Waals surface area contributed by atoms with Crippen molar-refractivity contribution in [2.45, 2.75) is 19.3 Å². The lowest BCUT2D eigenvalue weighted by atomic mass is 9.81. The smallest absolute Gasteiger partial charge is 0.237 e. The fourth-order valence-corrected chi connectivity index (χ4v) is 11.6. The molecule has 0 saturated carbocycles. The quantitative estimate of drug-likeness (QED) is 0.101. The number of rotatable bonds is 3. The van der Waals surface area contributed by atoms with Crippen molar-refractivity contribution in [1.82, 2.24) is 0 Å². The van der Waals surface area contributed by atoms with Gasteiger partial charge in [-0.3, -0.25) is 0 Å². The van der Waals surface area contributed by atoms with Crippen LogP contribution in [0.25, 0.3) is 104 Å². The largest absolute Gasteiger partial charge is 0.416 e. The summed E-state index contributed by atoms with van der Waals surface area (Å²) in [6.45, 7) is 11.0. The van der Waals surface area contributed by atoms with Gasteiger partial charge in [0.25, 0.3) is 0 Å². The van der Waals surface area contributed by atoms with Gasteiger partial charge in [0, 0.05) is 22.3 Å². The highest BCUT2D eigenvalue weighted by atomic mass is 19.4. The maximum atomic E-state index is 14.2. The van der Waals surface area contributed by atoms with Crippen LogP contribution in [0.4, 0.5) is 26.3 Å². The van der Waals surface area contributed by atoms with Crippen molar-refractivity contribution >= 4 is 65.9 Å². The van der Waals surface area contributed by atoms with Crippen LogP contribution in [-0.4, -0.2) is 0 Å². The summed E-state index contributed by atoms with van der Waals surface area (Å²) in [7, 11) is 0. The van der Waals surface area contributed by atoms with Crippen LogP contribution in [0.5, 0.6) is 0 Å². The Morgan fingerprint density at radius 3 is 1.00 bits per heavy atom. The second kappa shape index (κ2) is 16.4. The topological polar surface area (TPSA) is 51.9 Å². The summed E-state index contributed by atoms with van der Waals surface area (Å²) < 4.78 is 85.2. The molecule has 3 nitrogen and oxygen atoms in total. The van der Waals surface area contributed by atoms with Crippen molar-refractivity contribution in [3.8, 4) is 45.5 Å². The molecule has 9 heteroatoms. The van der Waals surface area contributed by atoms with E-state index in [1.54, 1.807) is 0 Å². The predicted octanol–water partition coefficient (Wildman–Crippen LogP) is 18.2. The van der Waals surface area contributed by atoms with Crippen molar-refractivity contribution in [1.29, 1.82) is 10.5 Å². The second-order valence-electron chi connectivity index (χ2n) is 19.1. The summed E-state index contributed by atoms with van der Waals surface area (Å²) in [4.78, 5) is 4.21. The Balaban J connectivity index is 1.31. The first-order valence-electron chi connectivity index (χ1n) is 23.9. The van der Waals surface area contributed by atoms with Gasteiger partial charge in [0.1, 0.15) is 12.1 Å². The summed E-state index contributed by atoms with van der Waals surface area (Å²) in [5.74, 6) is 0. The molecule has 0 heterocycles. The SMILES string of the molecule is [C-]#[N+]/C(=C1/c2cc3ccccc3cc2-c2c3c(c4c(c21)-c1cc2ccccc2cc1/C4=C(/C#N)c1ccc(C)cc1)-c1cc2ccccc2cc1/C3=C(/C#N)c1ccc(C(F)(F)F)cc1)c1ccc(C(F)(F)F)cc1. The number of nitrogens with zero attached hydrogens (tertiary/aromatic N) is 3. The molecule has 0 saturated heterocycles. The summed E-state index contributed by atoms with van der Waals surface area (Å²) in [6, 6.07) is 57.6. The van der Waals surface area contributed by atoms with E-state index in [9.17, 15) is 36.9 Å². The van der Waals surface area contributed by atoms with Gasteiger partial charge in [0.05, 0.1) is 28.8 Å². The highest BCUT2D eigenvalue weighted by Gasteiger charge is 2.45. The molecule has 354 valence electrons. The third-order valence-corrected chi connectivity index (χ3v) is 14.9. The molecule has 0 amide bonds. The number of benzene rings is 10. The molecular weight excluding hydrogens is 949 g/mol. The Kier molecular flexibility index (Phi) is 9.86. The van der Waals surface area contributed by atoms with E-state index in [0.29, 0.717) is 77.9 Å². The molecule has 0 bridgehead atoms. The van der Waals surface area contributed by atoms with Crippen molar-refractivity contribution in [3.63, 3.8) is 0 Å². The number of aryl methyl sites for hydroxylation is 1. The minimum Gasteiger partial charge on any atom is -0.237 e. The Morgan fingerprint density at radius 2 is 0.680 bits per heavy atom. The van der Waals surface area contributed by atoms with Crippen molar-refractivity contribution in [2.24, 2.45) is 0 Å². The first kappa shape index (κ1) is 45.1. The van der Waals surface area contributed by atoms with Crippen LogP contribution in [0, 0.1) is 36.2 Å². The van der Waals surface area contributed by atoms with Gasteiger partial charge in [-0.2, -0.15) is 36.9 Å². The number of hydrogen-bond acceptors (Lipinski definition) is 2. The van der Waals surface area contributed by atoms with E-state index in [4.69, 9.17) is 6.57 Å². The minimum atomic E-state index is -4.65. The van der Waals surface area contributed by atoms with Crippen LogP contribution in [-0.2, 0) is 12.4 Å². The number of allylic oxidation sites excluding steroid dienone is 2. The van der Waals surface area contributed by atoms with Crippen molar-refractivity contribution in [3.05, 3.63) is 260 Å². The van der Waals surface area contributed by atoms with Crippen LogP contribution in [0.15, 0.2) is 182 Å². The second-order valence-corrected chi connectivity index (χ2v) is 19.1. The van der Waals surface area contributed by atoms with Gasteiger partial charge in [0.2, 0.25) is 5.70 Å². The number of nitriles is 2. The first-order chi connectivity index (χ1) is 36.2. The molecule has 10 aromatic carbocycles. The minimum absolute atomic E-state index is 0.0787. The molecule has 0 atom stereocenters. The molecule has 3 aliphatic carbocycles. The van der Waals surface area contributed by atoms with Crippen LogP contribution in [0.2, 0.25) is 0 Å². The summed E-state index contributed by atoms with van der Waals surface area (Å²) in [6.07, 6.45) is -9.29. The van der Waals surface area contributed by atoms with E-state index < -0.39 is 23.5 Å². The molecule has 75 heavy (non-hydrogen) atoms. The van der Waals surface area contributed by atoms with Gasteiger partial charge in [-0.25, -0.2) is 4.85 Å². The third kappa shape index (κ3) is 6.81. The fourth-order valence-electron chi connectivity index (χ4n) is 11.6. The highest BCUT2D eigenvalue weighted by Crippen LogP contribution is 2.67. The molecule has 0 fully saturated rings. The Bertz CT molecular complexity index is 4330. The zero-order valence-corrected chi connectivity index (χ0v) is 39.4. The van der Waals surface area contributed by atoms with E-state index in [1.165, 1.54) is 24.3 Å². The van der Waals surface area contributed by atoms with E-state index >= 15 is 0 Å². The number of fused-ring (bicyclic) bond motifs is 15. The third-order valence-electron chi connectivity index (χ3n) is 14.9. The lowest BCUT2D eigenvalue weighted by Gasteiger charge is -2.20. The molecule has 10 aromatic rings. The molecule has 3 aliphatic rings. The average molecular weight is 982 g/mol. The maximum Gasteiger partial charge on any atom is 0.416 e. The molecule has 0 radical (unpaired) electrons. The van der Waals surface area contributed by atoms with Crippen LogP contribution < -0.4 is 0 Å². The van der Waals surface area contributed by atoms with E-state index in [2.05, 4.69) is 35.2 Å². The van der Waals surface area contributed by atoms with E-state index in [-0.39, 0.29) is 22.4 Å². The van der Waals surface area contributed by atoms with Gasteiger partial charge < -0.3 is 0 Å². The summed E-state index contributed by atoms with van der Waals surface area (Å²) in [5.41, 5.74) is 10.4. The lowest BCUT2D eigenvalue weighted by Crippen LogP contribution is -2.04. The van der Waals surface area contributed by atoms with Crippen LogP contribution in [0.1, 0.15) is 66.8 Å². The zero-order chi connectivity index (χ0) is 51.7. The van der Waals surface area contributed by atoms with Gasteiger partial charge in [0.15, 0.2) is 0 Å². The van der Waals surface area contributed by atoms with Gasteiger partial charge in [-0.15, -0.1) is 0 Å². The summed E-state index contributed by atoms with van der Waals surface area (Å²) >= 11 is 0. The van der Waals surface area contributed by atoms with Crippen LogP contribution >= 0.6 is 0 Å². The lowest BCUT2D eigenvalue weighted by molar-refractivity contribution is -0.138. The molecule has 0 aromatic heterocycles. The summed E-state index contributed by atoms with van der Waals surface area (Å²) in [5, 5.41) is 28.4. The normalized spacial score (nSPS) is 15.0. The average Bonchev–Trinajstić information content (AvgIpc) is 4.21. The van der Waals surface area contributed by atoms with Crippen LogP contribution in [0.3, 0.4) is 0 Å². The van der Waals surface area contributed by atoms with E-state index in [0.717, 1.165) is 78.8 Å². The predicted molar refractivity (Wildman–Crippen MR) is 285 cm³/mol. The maximum absolute atomic E-state index is 14.2. The number of hydrogen-bond donors (Lipinski definition) is 0. The molecular formula is C66H33F6N3. The van der Waals surface area contributed by atoms with Gasteiger partial charge in [-0.05, 0) is 166 Å².